The average Bonchev–Trinajstić information content (AvgIpc) is 2.97. The van der Waals surface area contributed by atoms with Crippen molar-refractivity contribution in [2.75, 3.05) is 53.2 Å². The Morgan fingerprint density at radius 3 is 2.37 bits per heavy atom. The van der Waals surface area contributed by atoms with E-state index in [1.165, 1.54) is 7.11 Å². The zero-order valence-electron chi connectivity index (χ0n) is 16.6. The molecule has 0 aromatic rings. The summed E-state index contributed by atoms with van der Waals surface area (Å²) in [6.45, 7) is 2.60. The summed E-state index contributed by atoms with van der Waals surface area (Å²) in [7, 11) is -0.194. The summed E-state index contributed by atoms with van der Waals surface area (Å²) in [5, 5.41) is 9.54. The molecule has 13 heteroatoms. The molecular weight excluding hydrogens is 381 g/mol. The number of ether oxygens (including phenoxy) is 4. The van der Waals surface area contributed by atoms with Gasteiger partial charge in [-0.3, -0.25) is 0 Å². The van der Waals surface area contributed by atoms with Gasteiger partial charge in [0.05, 0.1) is 0 Å². The Balaban J connectivity index is 2.72. The molecule has 1 rings (SSSR count). The van der Waals surface area contributed by atoms with Crippen LogP contribution >= 0.6 is 7.74 Å². The number of aliphatic hydroxyl groups excluding tert-OH is 1. The molecule has 1 saturated heterocycles. The SMILES string of the molecule is BCO[C@H](COP1(O)(O)OC[C@H]([C@@H](COC)OCB)O1)[C@@H](CO)OCCC. The van der Waals surface area contributed by atoms with Gasteiger partial charge in [0.15, 0.2) is 0 Å². The second-order valence-electron chi connectivity index (χ2n) is 6.07. The van der Waals surface area contributed by atoms with E-state index in [-0.39, 0.29) is 26.4 Å². The van der Waals surface area contributed by atoms with Crippen molar-refractivity contribution in [3.63, 3.8) is 0 Å². The Bertz CT molecular complexity index is 413. The molecule has 160 valence electrons. The first-order valence-electron chi connectivity index (χ1n) is 9.27. The van der Waals surface area contributed by atoms with Crippen molar-refractivity contribution in [1.29, 1.82) is 0 Å². The van der Waals surface area contributed by atoms with Gasteiger partial charge in [0.1, 0.15) is 0 Å². The van der Waals surface area contributed by atoms with Crippen LogP contribution in [-0.2, 0) is 32.5 Å². The standard InChI is InChI=1S/C14H33B2O10P/c1-3-4-21-11(5-17)13(23-10-16)7-24-27(18,19)25-8-14(26-27)12(6-20-2)22-9-15/h11-14,17-19H,3-10,15-16H2,1-2H3/t11-,12-,13-,14-/m1/s1. The monoisotopic (exact) mass is 414 g/mol. The van der Waals surface area contributed by atoms with Crippen LogP contribution in [0.25, 0.3) is 0 Å². The molecule has 0 bridgehead atoms. The number of aliphatic hydroxyl groups is 1. The Labute approximate surface area is 162 Å². The molecule has 0 saturated carbocycles. The van der Waals surface area contributed by atoms with Gasteiger partial charge in [0.2, 0.25) is 0 Å². The molecule has 1 fully saturated rings. The van der Waals surface area contributed by atoms with E-state index in [1.807, 2.05) is 14.8 Å². The van der Waals surface area contributed by atoms with Crippen LogP contribution in [0.15, 0.2) is 0 Å². The zero-order valence-corrected chi connectivity index (χ0v) is 17.5. The number of hydrogen-bond acceptors (Lipinski definition) is 10. The summed E-state index contributed by atoms with van der Waals surface area (Å²) in [6.07, 6.45) is -1.92. The first-order valence-corrected chi connectivity index (χ1v) is 11.2. The van der Waals surface area contributed by atoms with E-state index in [2.05, 4.69) is 0 Å². The molecule has 0 aliphatic carbocycles. The third-order valence-corrected chi connectivity index (χ3v) is 5.69. The van der Waals surface area contributed by atoms with Crippen LogP contribution < -0.4 is 0 Å². The average molecular weight is 414 g/mol. The Kier molecular flexibility index (Phi) is 11.2. The fourth-order valence-electron chi connectivity index (χ4n) is 2.60. The molecule has 3 N–H and O–H groups in total. The molecular formula is C14H33B2O10P. The van der Waals surface area contributed by atoms with Crippen LogP contribution in [0.4, 0.5) is 0 Å². The van der Waals surface area contributed by atoms with Gasteiger partial charge in [-0.25, -0.2) is 0 Å². The second kappa shape index (κ2) is 12.0. The van der Waals surface area contributed by atoms with E-state index in [0.29, 0.717) is 19.6 Å². The van der Waals surface area contributed by atoms with Crippen molar-refractivity contribution >= 4 is 23.4 Å². The molecule has 0 aromatic carbocycles. The number of rotatable bonds is 15. The number of hydrogen-bond donors (Lipinski definition) is 3. The van der Waals surface area contributed by atoms with Crippen LogP contribution in [0.5, 0.6) is 0 Å². The fourth-order valence-corrected chi connectivity index (χ4v) is 4.26. The van der Waals surface area contributed by atoms with Gasteiger partial charge in [-0.05, 0) is 0 Å². The van der Waals surface area contributed by atoms with Crippen LogP contribution in [-0.4, -0.2) is 108 Å². The summed E-state index contributed by atoms with van der Waals surface area (Å²) in [5.41, 5.74) is 0. The number of methoxy groups -OCH3 is 1. The molecule has 4 atom stereocenters. The zero-order chi connectivity index (χ0) is 20.4. The fraction of sp³-hybridized carbons (Fsp3) is 1.00. The van der Waals surface area contributed by atoms with Gasteiger partial charge in [0.25, 0.3) is 0 Å². The van der Waals surface area contributed by atoms with Gasteiger partial charge in [-0.15, -0.1) is 0 Å². The summed E-state index contributed by atoms with van der Waals surface area (Å²) in [5.74, 6) is 0. The molecule has 27 heavy (non-hydrogen) atoms. The molecule has 0 unspecified atom stereocenters. The van der Waals surface area contributed by atoms with E-state index in [0.717, 1.165) is 6.42 Å². The topological polar surface area (TPSA) is 125 Å². The van der Waals surface area contributed by atoms with Crippen LogP contribution in [0.3, 0.4) is 0 Å². The van der Waals surface area contributed by atoms with Crippen molar-refractivity contribution < 1.29 is 47.4 Å². The summed E-state index contributed by atoms with van der Waals surface area (Å²) < 4.78 is 37.4. The van der Waals surface area contributed by atoms with E-state index < -0.39 is 32.2 Å². The van der Waals surface area contributed by atoms with Crippen molar-refractivity contribution in [3.8, 4) is 0 Å². The van der Waals surface area contributed by atoms with Gasteiger partial charge in [-0.1, -0.05) is 0 Å². The molecule has 1 aliphatic rings. The van der Waals surface area contributed by atoms with Gasteiger partial charge in [-0.2, -0.15) is 0 Å². The van der Waals surface area contributed by atoms with Crippen LogP contribution in [0.1, 0.15) is 13.3 Å². The molecule has 0 spiro atoms. The van der Waals surface area contributed by atoms with Crippen molar-refractivity contribution in [1.82, 2.24) is 0 Å². The van der Waals surface area contributed by atoms with Gasteiger partial charge < -0.3 is 0 Å². The van der Waals surface area contributed by atoms with Gasteiger partial charge in [0, 0.05) is 0 Å². The Morgan fingerprint density at radius 2 is 1.81 bits per heavy atom. The van der Waals surface area contributed by atoms with Crippen molar-refractivity contribution in [2.24, 2.45) is 0 Å². The van der Waals surface area contributed by atoms with Crippen molar-refractivity contribution in [2.45, 2.75) is 37.8 Å². The molecule has 0 amide bonds. The first-order chi connectivity index (χ1) is 12.8. The molecule has 10 nitrogen and oxygen atoms in total. The maximum absolute atomic E-state index is 10.5. The predicted octanol–water partition coefficient (Wildman–Crippen LogP) is -2.08. The van der Waals surface area contributed by atoms with E-state index >= 15 is 0 Å². The molecule has 0 aromatic heterocycles. The van der Waals surface area contributed by atoms with Crippen LogP contribution in [0.2, 0.25) is 0 Å². The predicted molar refractivity (Wildman–Crippen MR) is 104 cm³/mol. The van der Waals surface area contributed by atoms with E-state index in [9.17, 15) is 14.9 Å². The molecule has 0 radical (unpaired) electrons. The van der Waals surface area contributed by atoms with Crippen LogP contribution in [0, 0.1) is 0 Å². The maximum atomic E-state index is 10.5. The van der Waals surface area contributed by atoms with E-state index in [1.54, 1.807) is 7.85 Å². The van der Waals surface area contributed by atoms with Gasteiger partial charge >= 0.3 is 162 Å². The normalized spacial score (nSPS) is 26.1. The quantitative estimate of drug-likeness (QED) is 0.203. The van der Waals surface area contributed by atoms with E-state index in [4.69, 9.17) is 32.5 Å². The summed E-state index contributed by atoms with van der Waals surface area (Å²) in [4.78, 5) is 21.0. The first kappa shape index (κ1) is 25.2. The third kappa shape index (κ3) is 8.20. The molecule has 1 heterocycles. The third-order valence-electron chi connectivity index (χ3n) is 3.87. The molecule has 1 aliphatic heterocycles. The second-order valence-corrected chi connectivity index (χ2v) is 8.41. The van der Waals surface area contributed by atoms with Crippen molar-refractivity contribution in [3.05, 3.63) is 0 Å². The Morgan fingerprint density at radius 1 is 1.11 bits per heavy atom. The summed E-state index contributed by atoms with van der Waals surface area (Å²) in [6, 6.07) is 0. The minimum atomic E-state index is -5.29. The Hall–Kier alpha value is 0.160. The minimum absolute atomic E-state index is 0.117. The summed E-state index contributed by atoms with van der Waals surface area (Å²) >= 11 is 0.